The maximum Gasteiger partial charge on any atom is 0.228 e. The summed E-state index contributed by atoms with van der Waals surface area (Å²) in [5, 5.41) is 2.12. The van der Waals surface area contributed by atoms with Crippen LogP contribution in [0.25, 0.3) is 10.8 Å². The molecular formula is C26H26N2O4. The Kier molecular flexibility index (Phi) is 5.21. The van der Waals surface area contributed by atoms with Crippen LogP contribution in [0, 0.1) is 5.92 Å². The SMILES string of the molecule is COc1cc2c(cc1OC)CN(C(=O)C1CC(=O)N(c3cccc4ccccc34)C1)CC2. The number of methoxy groups -OCH3 is 2. The summed E-state index contributed by atoms with van der Waals surface area (Å²) in [4.78, 5) is 29.9. The summed E-state index contributed by atoms with van der Waals surface area (Å²) in [7, 11) is 3.24. The normalized spacial score (nSPS) is 18.1. The van der Waals surface area contributed by atoms with Crippen molar-refractivity contribution in [1.82, 2.24) is 4.90 Å². The lowest BCUT2D eigenvalue weighted by Gasteiger charge is -2.31. The van der Waals surface area contributed by atoms with Crippen LogP contribution in [-0.2, 0) is 22.6 Å². The Morgan fingerprint density at radius 3 is 2.47 bits per heavy atom. The molecule has 5 rings (SSSR count). The van der Waals surface area contributed by atoms with Crippen molar-refractivity contribution < 1.29 is 19.1 Å². The van der Waals surface area contributed by atoms with Crippen LogP contribution in [0.2, 0.25) is 0 Å². The summed E-state index contributed by atoms with van der Waals surface area (Å²) in [6.07, 6.45) is 1.01. The summed E-state index contributed by atoms with van der Waals surface area (Å²) >= 11 is 0. The third-order valence-corrected chi connectivity index (χ3v) is 6.56. The largest absolute Gasteiger partial charge is 0.493 e. The molecule has 2 aliphatic heterocycles. The van der Waals surface area contributed by atoms with Gasteiger partial charge in [0, 0.05) is 31.4 Å². The van der Waals surface area contributed by atoms with Crippen molar-refractivity contribution in [3.63, 3.8) is 0 Å². The van der Waals surface area contributed by atoms with Crippen LogP contribution in [0.1, 0.15) is 17.5 Å². The molecule has 1 unspecified atom stereocenters. The Bertz CT molecular complexity index is 1200. The summed E-state index contributed by atoms with van der Waals surface area (Å²) in [6, 6.07) is 17.9. The number of hydrogen-bond donors (Lipinski definition) is 0. The quantitative estimate of drug-likeness (QED) is 0.632. The third-order valence-electron chi connectivity index (χ3n) is 6.56. The molecule has 6 heteroatoms. The lowest BCUT2D eigenvalue weighted by molar-refractivity contribution is -0.136. The minimum absolute atomic E-state index is 0.00326. The van der Waals surface area contributed by atoms with E-state index in [0.717, 1.165) is 28.4 Å². The highest BCUT2D eigenvalue weighted by molar-refractivity contribution is 6.07. The third kappa shape index (κ3) is 3.45. The molecule has 1 saturated heterocycles. The molecule has 32 heavy (non-hydrogen) atoms. The van der Waals surface area contributed by atoms with Crippen molar-refractivity contribution in [2.45, 2.75) is 19.4 Å². The molecule has 1 fully saturated rings. The summed E-state index contributed by atoms with van der Waals surface area (Å²) in [5.74, 6) is 1.09. The molecule has 0 aromatic heterocycles. The molecule has 0 spiro atoms. The standard InChI is InChI=1S/C26H26N2O4/c1-31-23-12-18-10-11-27(15-19(18)13-24(23)32-2)26(30)20-14-25(29)28(16-20)22-9-5-7-17-6-3-4-8-21(17)22/h3-9,12-13,20H,10-11,14-16H2,1-2H3. The zero-order valence-corrected chi connectivity index (χ0v) is 18.3. The summed E-state index contributed by atoms with van der Waals surface area (Å²) in [5.41, 5.74) is 3.12. The van der Waals surface area contributed by atoms with Crippen LogP contribution in [0.15, 0.2) is 54.6 Å². The molecule has 2 heterocycles. The van der Waals surface area contributed by atoms with Crippen molar-refractivity contribution in [1.29, 1.82) is 0 Å². The maximum atomic E-state index is 13.4. The minimum Gasteiger partial charge on any atom is -0.493 e. The van der Waals surface area contributed by atoms with Gasteiger partial charge in [-0.2, -0.15) is 0 Å². The molecule has 1 atom stereocenters. The van der Waals surface area contributed by atoms with E-state index in [-0.39, 0.29) is 24.2 Å². The highest BCUT2D eigenvalue weighted by Crippen LogP contribution is 2.35. The number of nitrogens with zero attached hydrogens (tertiary/aromatic N) is 2. The fourth-order valence-electron chi connectivity index (χ4n) is 4.88. The topological polar surface area (TPSA) is 59.1 Å². The molecule has 3 aromatic carbocycles. The van der Waals surface area contributed by atoms with Crippen LogP contribution >= 0.6 is 0 Å². The highest BCUT2D eigenvalue weighted by Gasteiger charge is 2.38. The van der Waals surface area contributed by atoms with E-state index in [0.29, 0.717) is 31.1 Å². The van der Waals surface area contributed by atoms with Crippen molar-refractivity contribution in [3.05, 3.63) is 65.7 Å². The van der Waals surface area contributed by atoms with Gasteiger partial charge < -0.3 is 19.3 Å². The molecule has 2 amide bonds. The van der Waals surface area contributed by atoms with Crippen molar-refractivity contribution in [2.24, 2.45) is 5.92 Å². The van der Waals surface area contributed by atoms with E-state index in [1.54, 1.807) is 19.1 Å². The Morgan fingerprint density at radius 1 is 0.969 bits per heavy atom. The Hall–Kier alpha value is -3.54. The molecule has 0 aliphatic carbocycles. The first-order valence-corrected chi connectivity index (χ1v) is 10.9. The van der Waals surface area contributed by atoms with E-state index in [1.165, 1.54) is 5.56 Å². The smallest absolute Gasteiger partial charge is 0.228 e. The Balaban J connectivity index is 1.35. The number of carbonyl (C=O) groups excluding carboxylic acids is 2. The van der Waals surface area contributed by atoms with E-state index in [1.807, 2.05) is 59.5 Å². The molecule has 0 saturated carbocycles. The van der Waals surface area contributed by atoms with Gasteiger partial charge in [0.25, 0.3) is 0 Å². The van der Waals surface area contributed by atoms with E-state index in [4.69, 9.17) is 9.47 Å². The lowest BCUT2D eigenvalue weighted by Crippen LogP contribution is -2.40. The molecule has 0 radical (unpaired) electrons. The monoisotopic (exact) mass is 430 g/mol. The predicted octanol–water partition coefficient (Wildman–Crippen LogP) is 3.79. The van der Waals surface area contributed by atoms with Gasteiger partial charge in [-0.15, -0.1) is 0 Å². The van der Waals surface area contributed by atoms with Crippen LogP contribution < -0.4 is 14.4 Å². The van der Waals surface area contributed by atoms with Crippen molar-refractivity contribution >= 4 is 28.3 Å². The van der Waals surface area contributed by atoms with Gasteiger partial charge >= 0.3 is 0 Å². The Morgan fingerprint density at radius 2 is 1.69 bits per heavy atom. The molecule has 2 aliphatic rings. The second-order valence-electron chi connectivity index (χ2n) is 8.39. The zero-order chi connectivity index (χ0) is 22.2. The molecule has 3 aromatic rings. The first kappa shape index (κ1) is 20.4. The van der Waals surface area contributed by atoms with E-state index in [2.05, 4.69) is 0 Å². The first-order chi connectivity index (χ1) is 15.6. The van der Waals surface area contributed by atoms with Crippen molar-refractivity contribution in [3.8, 4) is 11.5 Å². The fourth-order valence-corrected chi connectivity index (χ4v) is 4.88. The number of benzene rings is 3. The molecule has 6 nitrogen and oxygen atoms in total. The predicted molar refractivity (Wildman–Crippen MR) is 123 cm³/mol. The number of anilines is 1. The van der Waals surface area contributed by atoms with E-state index in [9.17, 15) is 9.59 Å². The fraction of sp³-hybridized carbons (Fsp3) is 0.308. The van der Waals surface area contributed by atoms with Crippen LogP contribution in [0.5, 0.6) is 11.5 Å². The number of hydrogen-bond acceptors (Lipinski definition) is 4. The van der Waals surface area contributed by atoms with Crippen LogP contribution in [0.3, 0.4) is 0 Å². The molecule has 0 N–H and O–H groups in total. The number of rotatable bonds is 4. The second kappa shape index (κ2) is 8.19. The minimum atomic E-state index is -0.330. The van der Waals surface area contributed by atoms with Crippen molar-refractivity contribution in [2.75, 3.05) is 32.2 Å². The number of fused-ring (bicyclic) bond motifs is 2. The van der Waals surface area contributed by atoms with Gasteiger partial charge in [0.15, 0.2) is 11.5 Å². The lowest BCUT2D eigenvalue weighted by atomic mass is 9.97. The first-order valence-electron chi connectivity index (χ1n) is 10.9. The van der Waals surface area contributed by atoms with Gasteiger partial charge in [-0.05, 0) is 41.1 Å². The van der Waals surface area contributed by atoms with Crippen LogP contribution in [-0.4, -0.2) is 44.0 Å². The van der Waals surface area contributed by atoms with Gasteiger partial charge in [-0.1, -0.05) is 36.4 Å². The summed E-state index contributed by atoms with van der Waals surface area (Å²) in [6.45, 7) is 1.58. The maximum absolute atomic E-state index is 13.4. The van der Waals surface area contributed by atoms with Gasteiger partial charge in [-0.25, -0.2) is 0 Å². The average Bonchev–Trinajstić information content (AvgIpc) is 3.23. The molecule has 164 valence electrons. The van der Waals surface area contributed by atoms with Gasteiger partial charge in [0.2, 0.25) is 11.8 Å². The van der Waals surface area contributed by atoms with Crippen LogP contribution in [0.4, 0.5) is 5.69 Å². The number of ether oxygens (including phenoxy) is 2. The molecule has 0 bridgehead atoms. The second-order valence-corrected chi connectivity index (χ2v) is 8.39. The van der Waals surface area contributed by atoms with Gasteiger partial charge in [0.1, 0.15) is 0 Å². The highest BCUT2D eigenvalue weighted by atomic mass is 16.5. The Labute approximate surface area is 187 Å². The van der Waals surface area contributed by atoms with E-state index < -0.39 is 0 Å². The van der Waals surface area contributed by atoms with E-state index >= 15 is 0 Å². The zero-order valence-electron chi connectivity index (χ0n) is 18.3. The number of amides is 2. The average molecular weight is 431 g/mol. The van der Waals surface area contributed by atoms with Gasteiger partial charge in [-0.3, -0.25) is 9.59 Å². The summed E-state index contributed by atoms with van der Waals surface area (Å²) < 4.78 is 10.8. The number of carbonyl (C=O) groups is 2. The van der Waals surface area contributed by atoms with Gasteiger partial charge in [0.05, 0.1) is 25.8 Å². The molecular weight excluding hydrogens is 404 g/mol.